The molecule has 2 nitrogen and oxygen atoms in total. The summed E-state index contributed by atoms with van der Waals surface area (Å²) in [6, 6.07) is 0.518. The Morgan fingerprint density at radius 2 is 1.32 bits per heavy atom. The first-order valence-electron chi connectivity index (χ1n) is 10.7. The second-order valence-electron chi connectivity index (χ2n) is 7.47. The molecule has 0 aliphatic rings. The van der Waals surface area contributed by atoms with Crippen LogP contribution in [-0.2, 0) is 4.74 Å². The summed E-state index contributed by atoms with van der Waals surface area (Å²) >= 11 is 0. The smallest absolute Gasteiger partial charge is 0.0618 e. The van der Waals surface area contributed by atoms with Gasteiger partial charge in [0, 0.05) is 12.6 Å². The summed E-state index contributed by atoms with van der Waals surface area (Å²) in [6.45, 7) is 6.24. The molecule has 0 bridgehead atoms. The zero-order valence-electron chi connectivity index (χ0n) is 17.6. The fraction of sp³-hybridized carbons (Fsp3) is 0.826. The lowest BCUT2D eigenvalue weighted by Crippen LogP contribution is -2.29. The van der Waals surface area contributed by atoms with E-state index in [2.05, 4.69) is 57.1 Å². The maximum atomic E-state index is 5.72. The number of ether oxygens (including phenoxy) is 1. The van der Waals surface area contributed by atoms with Crippen LogP contribution in [-0.4, -0.2) is 38.3 Å². The minimum atomic E-state index is 0.518. The predicted molar refractivity (Wildman–Crippen MR) is 113 cm³/mol. The molecule has 0 saturated carbocycles. The number of nitrogens with zero attached hydrogens (tertiary/aromatic N) is 1. The van der Waals surface area contributed by atoms with Crippen LogP contribution in [0.5, 0.6) is 0 Å². The van der Waals surface area contributed by atoms with E-state index in [1.54, 1.807) is 0 Å². The fourth-order valence-electron chi connectivity index (χ4n) is 2.60. The van der Waals surface area contributed by atoms with E-state index in [-0.39, 0.29) is 0 Å². The van der Waals surface area contributed by atoms with Gasteiger partial charge in [-0.1, -0.05) is 69.8 Å². The van der Waals surface area contributed by atoms with Crippen molar-refractivity contribution in [2.45, 2.75) is 96.9 Å². The van der Waals surface area contributed by atoms with Crippen molar-refractivity contribution in [2.24, 2.45) is 0 Å². The molecule has 0 spiro atoms. The van der Waals surface area contributed by atoms with Crippen molar-refractivity contribution in [1.29, 1.82) is 0 Å². The minimum Gasteiger partial charge on any atom is -0.380 e. The molecule has 0 aliphatic carbocycles. The number of hydrogen-bond acceptors (Lipinski definition) is 2. The Labute approximate surface area is 158 Å². The Balaban J connectivity index is 3.19. The highest BCUT2D eigenvalue weighted by Gasteiger charge is 2.03. The van der Waals surface area contributed by atoms with E-state index in [4.69, 9.17) is 4.74 Å². The third-order valence-corrected chi connectivity index (χ3v) is 4.73. The molecule has 0 rings (SSSR count). The first kappa shape index (κ1) is 24.4. The molecule has 0 aliphatic heterocycles. The summed E-state index contributed by atoms with van der Waals surface area (Å²) in [5.74, 6) is 0. The lowest BCUT2D eigenvalue weighted by molar-refractivity contribution is 0.0832. The Kier molecular flexibility index (Phi) is 19.2. The quantitative estimate of drug-likeness (QED) is 0.200. The van der Waals surface area contributed by atoms with E-state index in [0.29, 0.717) is 6.04 Å². The van der Waals surface area contributed by atoms with Gasteiger partial charge in [0.25, 0.3) is 0 Å². The van der Waals surface area contributed by atoms with Gasteiger partial charge in [-0.3, -0.25) is 0 Å². The normalized spacial score (nSPS) is 13.5. The maximum Gasteiger partial charge on any atom is 0.0618 e. The average molecular weight is 352 g/mol. The van der Waals surface area contributed by atoms with Gasteiger partial charge >= 0.3 is 0 Å². The second-order valence-corrected chi connectivity index (χ2v) is 7.47. The molecule has 0 N–H and O–H groups in total. The molecule has 1 atom stereocenters. The first-order valence-corrected chi connectivity index (χ1v) is 10.7. The number of unbranched alkanes of at least 4 members (excludes halogenated alkanes) is 9. The molecular weight excluding hydrogens is 306 g/mol. The molecule has 0 fully saturated rings. The summed E-state index contributed by atoms with van der Waals surface area (Å²) in [7, 11) is 4.21. The zero-order chi connectivity index (χ0) is 18.6. The van der Waals surface area contributed by atoms with Crippen molar-refractivity contribution in [1.82, 2.24) is 4.90 Å². The highest BCUT2D eigenvalue weighted by Crippen LogP contribution is 2.08. The van der Waals surface area contributed by atoms with E-state index in [1.165, 1.54) is 70.6 Å². The lowest BCUT2D eigenvalue weighted by Gasteiger charge is -2.19. The van der Waals surface area contributed by atoms with Gasteiger partial charge < -0.3 is 9.64 Å². The van der Waals surface area contributed by atoms with Gasteiger partial charge in [-0.25, -0.2) is 0 Å². The van der Waals surface area contributed by atoms with Crippen LogP contribution < -0.4 is 0 Å². The van der Waals surface area contributed by atoms with Crippen LogP contribution in [0, 0.1) is 0 Å². The summed E-state index contributed by atoms with van der Waals surface area (Å²) in [4.78, 5) is 2.21. The molecular formula is C23H45NO. The Bertz CT molecular complexity index is 309. The first-order chi connectivity index (χ1) is 12.2. The number of rotatable bonds is 18. The molecule has 0 radical (unpaired) electrons. The van der Waals surface area contributed by atoms with Crippen LogP contribution in [0.25, 0.3) is 0 Å². The van der Waals surface area contributed by atoms with Crippen LogP contribution >= 0.6 is 0 Å². The standard InChI is InChI=1S/C23H45NO/c1-5-6-7-8-9-10-11-12-13-14-15-16-17-18-19-20-21-25-22-23(2)24(3)4/h9-10,12-13,23H,5-8,11,14-22H2,1-4H3. The molecule has 148 valence electrons. The van der Waals surface area contributed by atoms with Crippen molar-refractivity contribution in [3.63, 3.8) is 0 Å². The van der Waals surface area contributed by atoms with Gasteiger partial charge in [0.1, 0.15) is 0 Å². The SMILES string of the molecule is CCCCCC=CCC=CCCCCCCCCOCC(C)N(C)C. The number of allylic oxidation sites excluding steroid dienone is 4. The summed E-state index contributed by atoms with van der Waals surface area (Å²) in [5.41, 5.74) is 0. The van der Waals surface area contributed by atoms with Crippen molar-refractivity contribution in [2.75, 3.05) is 27.3 Å². The van der Waals surface area contributed by atoms with Gasteiger partial charge in [-0.2, -0.15) is 0 Å². The summed E-state index contributed by atoms with van der Waals surface area (Å²) < 4.78 is 5.72. The minimum absolute atomic E-state index is 0.518. The van der Waals surface area contributed by atoms with Gasteiger partial charge in [-0.05, 0) is 59.5 Å². The van der Waals surface area contributed by atoms with Crippen LogP contribution in [0.15, 0.2) is 24.3 Å². The van der Waals surface area contributed by atoms with Crippen LogP contribution in [0.1, 0.15) is 90.9 Å². The van der Waals surface area contributed by atoms with Gasteiger partial charge in [0.15, 0.2) is 0 Å². The zero-order valence-corrected chi connectivity index (χ0v) is 17.6. The third-order valence-electron chi connectivity index (χ3n) is 4.73. The van der Waals surface area contributed by atoms with Crippen LogP contribution in [0.2, 0.25) is 0 Å². The van der Waals surface area contributed by atoms with Crippen molar-refractivity contribution < 1.29 is 4.74 Å². The average Bonchev–Trinajstić information content (AvgIpc) is 2.60. The van der Waals surface area contributed by atoms with Crippen molar-refractivity contribution in [3.05, 3.63) is 24.3 Å². The van der Waals surface area contributed by atoms with E-state index >= 15 is 0 Å². The largest absolute Gasteiger partial charge is 0.380 e. The molecule has 0 aromatic carbocycles. The third kappa shape index (κ3) is 19.6. The maximum absolute atomic E-state index is 5.72. The Morgan fingerprint density at radius 3 is 1.92 bits per heavy atom. The van der Waals surface area contributed by atoms with Crippen LogP contribution in [0.4, 0.5) is 0 Å². The summed E-state index contributed by atoms with van der Waals surface area (Å²) in [6.07, 6.45) is 24.9. The van der Waals surface area contributed by atoms with Gasteiger partial charge in [-0.15, -0.1) is 0 Å². The molecule has 0 heterocycles. The molecule has 0 aromatic rings. The van der Waals surface area contributed by atoms with Crippen LogP contribution in [0.3, 0.4) is 0 Å². The van der Waals surface area contributed by atoms with E-state index in [9.17, 15) is 0 Å². The second kappa shape index (κ2) is 19.7. The van der Waals surface area contributed by atoms with Gasteiger partial charge in [0.2, 0.25) is 0 Å². The van der Waals surface area contributed by atoms with Crippen molar-refractivity contribution in [3.8, 4) is 0 Å². The highest BCUT2D eigenvalue weighted by atomic mass is 16.5. The summed E-state index contributed by atoms with van der Waals surface area (Å²) in [5, 5.41) is 0. The molecule has 1 unspecified atom stereocenters. The lowest BCUT2D eigenvalue weighted by atomic mass is 10.1. The molecule has 25 heavy (non-hydrogen) atoms. The molecule has 0 amide bonds. The van der Waals surface area contributed by atoms with E-state index < -0.39 is 0 Å². The van der Waals surface area contributed by atoms with E-state index in [1.807, 2.05) is 0 Å². The molecule has 2 heteroatoms. The van der Waals surface area contributed by atoms with Gasteiger partial charge in [0.05, 0.1) is 6.61 Å². The van der Waals surface area contributed by atoms with E-state index in [0.717, 1.165) is 19.6 Å². The highest BCUT2D eigenvalue weighted by molar-refractivity contribution is 4.92. The van der Waals surface area contributed by atoms with Crippen molar-refractivity contribution >= 4 is 0 Å². The molecule has 0 aromatic heterocycles. The number of likely N-dealkylation sites (N-methyl/N-ethyl adjacent to an activating group) is 1. The topological polar surface area (TPSA) is 12.5 Å². The fourth-order valence-corrected chi connectivity index (χ4v) is 2.60. The Morgan fingerprint density at radius 1 is 0.760 bits per heavy atom. The Hall–Kier alpha value is -0.600. The molecule has 0 saturated heterocycles. The predicted octanol–water partition coefficient (Wildman–Crippen LogP) is 6.77. The number of hydrogen-bond donors (Lipinski definition) is 0. The monoisotopic (exact) mass is 351 g/mol.